The van der Waals surface area contributed by atoms with Gasteiger partial charge in [-0.3, -0.25) is 9.10 Å². The van der Waals surface area contributed by atoms with Gasteiger partial charge >= 0.3 is 0 Å². The van der Waals surface area contributed by atoms with Gasteiger partial charge in [0.1, 0.15) is 0 Å². The number of hydrogen-bond donors (Lipinski definition) is 0. The molecule has 27 heavy (non-hydrogen) atoms. The summed E-state index contributed by atoms with van der Waals surface area (Å²) >= 11 is 0. The Kier molecular flexibility index (Phi) is 5.56. The molecular weight excluding hydrogens is 360 g/mol. The predicted molar refractivity (Wildman–Crippen MR) is 108 cm³/mol. The number of para-hydroxylation sites is 1. The molecule has 2 aromatic carbocycles. The largest absolute Gasteiger partial charge is 0.338 e. The molecule has 0 aliphatic carbocycles. The van der Waals surface area contributed by atoms with Crippen molar-refractivity contribution in [3.05, 3.63) is 59.7 Å². The summed E-state index contributed by atoms with van der Waals surface area (Å²) in [4.78, 5) is 15.1. The van der Waals surface area contributed by atoms with Crippen molar-refractivity contribution in [1.29, 1.82) is 0 Å². The topological polar surface area (TPSA) is 57.7 Å². The standard InChI is InChI=1S/C21H26N2O3S/c1-16-10-12-18(13-11-16)27(25,26)22(3)20-9-5-4-8-19(20)21(24)23-14-6-7-17(2)15-23/h4-5,8-13,17H,6-7,14-15H2,1-3H3. The van der Waals surface area contributed by atoms with Crippen LogP contribution in [0.4, 0.5) is 5.69 Å². The highest BCUT2D eigenvalue weighted by molar-refractivity contribution is 7.92. The third-order valence-corrected chi connectivity index (χ3v) is 6.88. The van der Waals surface area contributed by atoms with Crippen LogP contribution in [0.25, 0.3) is 0 Å². The third kappa shape index (κ3) is 4.00. The normalized spacial score (nSPS) is 17.6. The number of nitrogens with zero attached hydrogens (tertiary/aromatic N) is 2. The Labute approximate surface area is 161 Å². The average Bonchev–Trinajstić information content (AvgIpc) is 2.67. The highest BCUT2D eigenvalue weighted by atomic mass is 32.2. The van der Waals surface area contributed by atoms with Crippen molar-refractivity contribution in [2.45, 2.75) is 31.6 Å². The maximum absolute atomic E-state index is 13.1. The van der Waals surface area contributed by atoms with Crippen molar-refractivity contribution in [2.24, 2.45) is 5.92 Å². The van der Waals surface area contributed by atoms with Gasteiger partial charge in [0.05, 0.1) is 16.1 Å². The molecule has 0 saturated carbocycles. The molecule has 1 saturated heterocycles. The number of hydrogen-bond acceptors (Lipinski definition) is 3. The molecule has 144 valence electrons. The molecule has 5 nitrogen and oxygen atoms in total. The Morgan fingerprint density at radius 2 is 1.78 bits per heavy atom. The zero-order valence-corrected chi connectivity index (χ0v) is 16.9. The number of likely N-dealkylation sites (tertiary alicyclic amines) is 1. The van der Waals surface area contributed by atoms with E-state index >= 15 is 0 Å². The predicted octanol–water partition coefficient (Wildman–Crippen LogP) is 3.69. The maximum Gasteiger partial charge on any atom is 0.264 e. The van der Waals surface area contributed by atoms with Crippen molar-refractivity contribution in [3.63, 3.8) is 0 Å². The van der Waals surface area contributed by atoms with Crippen LogP contribution in [0.1, 0.15) is 35.7 Å². The molecule has 1 aliphatic heterocycles. The molecule has 0 N–H and O–H groups in total. The van der Waals surface area contributed by atoms with Crippen LogP contribution in [0.2, 0.25) is 0 Å². The van der Waals surface area contributed by atoms with Crippen LogP contribution < -0.4 is 4.31 Å². The zero-order chi connectivity index (χ0) is 19.6. The first-order valence-electron chi connectivity index (χ1n) is 9.24. The van der Waals surface area contributed by atoms with Crippen LogP contribution >= 0.6 is 0 Å². The van der Waals surface area contributed by atoms with Crippen LogP contribution in [-0.4, -0.2) is 39.4 Å². The molecule has 0 aromatic heterocycles. The number of benzene rings is 2. The molecule has 0 spiro atoms. The molecule has 6 heteroatoms. The summed E-state index contributed by atoms with van der Waals surface area (Å²) in [7, 11) is -2.24. The summed E-state index contributed by atoms with van der Waals surface area (Å²) in [5, 5.41) is 0. The number of carbonyl (C=O) groups excluding carboxylic acids is 1. The van der Waals surface area contributed by atoms with Crippen molar-refractivity contribution < 1.29 is 13.2 Å². The van der Waals surface area contributed by atoms with E-state index in [1.807, 2.05) is 11.8 Å². The molecule has 1 fully saturated rings. The lowest BCUT2D eigenvalue weighted by Crippen LogP contribution is -2.40. The Balaban J connectivity index is 1.95. The molecule has 0 bridgehead atoms. The number of sulfonamides is 1. The number of piperidine rings is 1. The molecule has 1 amide bonds. The SMILES string of the molecule is Cc1ccc(S(=O)(=O)N(C)c2ccccc2C(=O)N2CCCC(C)C2)cc1. The van der Waals surface area contributed by atoms with E-state index in [4.69, 9.17) is 0 Å². The summed E-state index contributed by atoms with van der Waals surface area (Å²) in [5.41, 5.74) is 1.82. The smallest absolute Gasteiger partial charge is 0.264 e. The van der Waals surface area contributed by atoms with Crippen molar-refractivity contribution in [3.8, 4) is 0 Å². The Hall–Kier alpha value is -2.34. The molecular formula is C21H26N2O3S. The number of aryl methyl sites for hydroxylation is 1. The first-order chi connectivity index (χ1) is 12.8. The molecule has 0 radical (unpaired) electrons. The van der Waals surface area contributed by atoms with Crippen LogP contribution in [0.3, 0.4) is 0 Å². The van der Waals surface area contributed by atoms with Crippen LogP contribution in [0.5, 0.6) is 0 Å². The Bertz CT molecular complexity index is 923. The van der Waals surface area contributed by atoms with Crippen molar-refractivity contribution in [1.82, 2.24) is 4.90 Å². The molecule has 1 aliphatic rings. The highest BCUT2D eigenvalue weighted by Gasteiger charge is 2.28. The first kappa shape index (κ1) is 19.4. The van der Waals surface area contributed by atoms with E-state index in [0.717, 1.165) is 18.4 Å². The molecule has 1 unspecified atom stereocenters. The maximum atomic E-state index is 13.1. The number of anilines is 1. The monoisotopic (exact) mass is 386 g/mol. The van der Waals surface area contributed by atoms with Crippen molar-refractivity contribution >= 4 is 21.6 Å². The van der Waals surface area contributed by atoms with Gasteiger partial charge in [-0.1, -0.05) is 36.8 Å². The molecule has 2 aromatic rings. The Morgan fingerprint density at radius 3 is 2.44 bits per heavy atom. The second-order valence-electron chi connectivity index (χ2n) is 7.30. The van der Waals surface area contributed by atoms with Gasteiger partial charge in [0, 0.05) is 20.1 Å². The second-order valence-corrected chi connectivity index (χ2v) is 9.27. The van der Waals surface area contributed by atoms with E-state index < -0.39 is 10.0 Å². The van der Waals surface area contributed by atoms with Crippen LogP contribution in [0, 0.1) is 12.8 Å². The number of amides is 1. The van der Waals surface area contributed by atoms with Crippen LogP contribution in [0.15, 0.2) is 53.4 Å². The summed E-state index contributed by atoms with van der Waals surface area (Å²) in [5.74, 6) is 0.354. The number of carbonyl (C=O) groups is 1. The lowest BCUT2D eigenvalue weighted by Gasteiger charge is -2.32. The minimum atomic E-state index is -3.74. The van der Waals surface area contributed by atoms with Crippen LogP contribution in [-0.2, 0) is 10.0 Å². The average molecular weight is 387 g/mol. The van der Waals surface area contributed by atoms with Gasteiger partial charge in [-0.2, -0.15) is 0 Å². The minimum Gasteiger partial charge on any atom is -0.338 e. The third-order valence-electron chi connectivity index (χ3n) is 5.10. The molecule has 1 atom stereocenters. The molecule has 3 rings (SSSR count). The van der Waals surface area contributed by atoms with Gasteiger partial charge in [0.2, 0.25) is 0 Å². The zero-order valence-electron chi connectivity index (χ0n) is 16.1. The second kappa shape index (κ2) is 7.72. The van der Waals surface area contributed by atoms with Gasteiger partial charge in [-0.25, -0.2) is 8.42 Å². The quantitative estimate of drug-likeness (QED) is 0.805. The fourth-order valence-corrected chi connectivity index (χ4v) is 4.69. The van der Waals surface area contributed by atoms with E-state index in [0.29, 0.717) is 30.3 Å². The lowest BCUT2D eigenvalue weighted by atomic mass is 9.99. The fourth-order valence-electron chi connectivity index (χ4n) is 3.47. The van der Waals surface area contributed by atoms with Gasteiger partial charge in [-0.05, 0) is 49.9 Å². The Morgan fingerprint density at radius 1 is 1.11 bits per heavy atom. The number of rotatable bonds is 4. The van der Waals surface area contributed by atoms with Gasteiger partial charge in [-0.15, -0.1) is 0 Å². The van der Waals surface area contributed by atoms with E-state index in [1.54, 1.807) is 48.5 Å². The summed E-state index contributed by atoms with van der Waals surface area (Å²) in [6.07, 6.45) is 2.10. The highest BCUT2D eigenvalue weighted by Crippen LogP contribution is 2.28. The fraction of sp³-hybridized carbons (Fsp3) is 0.381. The van der Waals surface area contributed by atoms with E-state index in [-0.39, 0.29) is 10.8 Å². The van der Waals surface area contributed by atoms with Gasteiger partial charge in [0.25, 0.3) is 15.9 Å². The molecule has 1 heterocycles. The summed E-state index contributed by atoms with van der Waals surface area (Å²) in [6.45, 7) is 5.47. The van der Waals surface area contributed by atoms with Gasteiger partial charge in [0.15, 0.2) is 0 Å². The van der Waals surface area contributed by atoms with Gasteiger partial charge < -0.3 is 4.90 Å². The first-order valence-corrected chi connectivity index (χ1v) is 10.7. The van der Waals surface area contributed by atoms with E-state index in [1.165, 1.54) is 11.4 Å². The van der Waals surface area contributed by atoms with E-state index in [9.17, 15) is 13.2 Å². The van der Waals surface area contributed by atoms with Crippen molar-refractivity contribution in [2.75, 3.05) is 24.4 Å². The lowest BCUT2D eigenvalue weighted by molar-refractivity contribution is 0.0684. The summed E-state index contributed by atoms with van der Waals surface area (Å²) in [6, 6.07) is 13.7. The summed E-state index contributed by atoms with van der Waals surface area (Å²) < 4.78 is 27.3. The van der Waals surface area contributed by atoms with E-state index in [2.05, 4.69) is 6.92 Å². The minimum absolute atomic E-state index is 0.108.